The predicted octanol–water partition coefficient (Wildman–Crippen LogP) is 6.11. The molecule has 1 N–H and O–H groups in total. The molecule has 1 fully saturated rings. The fourth-order valence-electron chi connectivity index (χ4n) is 4.06. The Kier molecular flexibility index (Phi) is 5.70. The third-order valence-corrected chi connectivity index (χ3v) is 6.98. The van der Waals surface area contributed by atoms with Gasteiger partial charge in [-0.15, -0.1) is 11.3 Å². The van der Waals surface area contributed by atoms with E-state index < -0.39 is 11.6 Å². The molecule has 4 nitrogen and oxygen atoms in total. The van der Waals surface area contributed by atoms with Gasteiger partial charge in [0.05, 0.1) is 9.88 Å². The van der Waals surface area contributed by atoms with Crippen LogP contribution in [0.5, 0.6) is 0 Å². The highest BCUT2D eigenvalue weighted by molar-refractivity contribution is 7.15. The minimum Gasteiger partial charge on any atom is -0.361 e. The minimum absolute atomic E-state index is 0.225. The van der Waals surface area contributed by atoms with E-state index >= 15 is 0 Å². The lowest BCUT2D eigenvalue weighted by Crippen LogP contribution is -2.35. The molecular formula is C25H22F3N3OS. The number of nitrogens with zero attached hydrogens (tertiary/aromatic N) is 2. The first kappa shape index (κ1) is 21.7. The van der Waals surface area contributed by atoms with Crippen LogP contribution in [-0.4, -0.2) is 33.9 Å². The standard InChI is InChI=1S/C25H22F3N3OS/c1-14-30-23(24(33-14)16-4-6-20(27)21(28)10-16)25(32)31(13-15-2-3-15)9-8-17-12-29-22-7-5-18(26)11-19(17)22/h4-7,10-12,15,29H,2-3,8-9,13H2,1H3. The number of carbonyl (C=O) groups is 1. The van der Waals surface area contributed by atoms with Crippen LogP contribution in [0.2, 0.25) is 0 Å². The predicted molar refractivity (Wildman–Crippen MR) is 123 cm³/mol. The molecule has 0 spiro atoms. The molecule has 0 saturated heterocycles. The number of aromatic nitrogens is 2. The zero-order chi connectivity index (χ0) is 23.1. The summed E-state index contributed by atoms with van der Waals surface area (Å²) in [7, 11) is 0. The van der Waals surface area contributed by atoms with Crippen molar-refractivity contribution < 1.29 is 18.0 Å². The normalized spacial score (nSPS) is 13.6. The van der Waals surface area contributed by atoms with E-state index in [1.165, 1.54) is 29.5 Å². The Balaban J connectivity index is 1.43. The van der Waals surface area contributed by atoms with E-state index in [1.807, 2.05) is 6.20 Å². The summed E-state index contributed by atoms with van der Waals surface area (Å²) >= 11 is 1.29. The Morgan fingerprint density at radius 3 is 2.73 bits per heavy atom. The van der Waals surface area contributed by atoms with Crippen LogP contribution < -0.4 is 0 Å². The lowest BCUT2D eigenvalue weighted by atomic mass is 10.1. The van der Waals surface area contributed by atoms with Gasteiger partial charge in [-0.3, -0.25) is 4.79 Å². The minimum atomic E-state index is -0.960. The first-order chi connectivity index (χ1) is 15.9. The molecule has 1 aliphatic carbocycles. The van der Waals surface area contributed by atoms with E-state index in [0.29, 0.717) is 40.9 Å². The molecule has 5 rings (SSSR count). The van der Waals surface area contributed by atoms with Crippen molar-refractivity contribution in [1.29, 1.82) is 0 Å². The van der Waals surface area contributed by atoms with E-state index in [2.05, 4.69) is 9.97 Å². The number of carbonyl (C=O) groups excluding carboxylic acids is 1. The molecule has 0 radical (unpaired) electrons. The molecule has 2 aromatic heterocycles. The van der Waals surface area contributed by atoms with E-state index in [1.54, 1.807) is 17.9 Å². The molecular weight excluding hydrogens is 447 g/mol. The molecule has 2 heterocycles. The largest absolute Gasteiger partial charge is 0.361 e. The van der Waals surface area contributed by atoms with Crippen molar-refractivity contribution in [1.82, 2.24) is 14.9 Å². The molecule has 170 valence electrons. The third-order valence-electron chi connectivity index (χ3n) is 5.96. The first-order valence-corrected chi connectivity index (χ1v) is 11.7. The van der Waals surface area contributed by atoms with Crippen LogP contribution in [0, 0.1) is 30.3 Å². The average molecular weight is 470 g/mol. The van der Waals surface area contributed by atoms with Crippen molar-refractivity contribution >= 4 is 28.1 Å². The molecule has 0 aliphatic heterocycles. The maximum atomic E-state index is 13.9. The maximum absolute atomic E-state index is 13.9. The Hall–Kier alpha value is -3.13. The van der Waals surface area contributed by atoms with Crippen molar-refractivity contribution in [2.75, 3.05) is 13.1 Å². The summed E-state index contributed by atoms with van der Waals surface area (Å²) in [6.45, 7) is 2.85. The lowest BCUT2D eigenvalue weighted by Gasteiger charge is -2.22. The van der Waals surface area contributed by atoms with E-state index in [9.17, 15) is 18.0 Å². The molecule has 0 bridgehead atoms. The van der Waals surface area contributed by atoms with Gasteiger partial charge in [0.15, 0.2) is 11.6 Å². The van der Waals surface area contributed by atoms with E-state index in [-0.39, 0.29) is 17.4 Å². The molecule has 33 heavy (non-hydrogen) atoms. The number of aromatic amines is 1. The zero-order valence-corrected chi connectivity index (χ0v) is 18.8. The van der Waals surface area contributed by atoms with Crippen LogP contribution in [0.15, 0.2) is 42.6 Å². The van der Waals surface area contributed by atoms with E-state index in [0.717, 1.165) is 41.4 Å². The summed E-state index contributed by atoms with van der Waals surface area (Å²) in [5.74, 6) is -1.96. The Morgan fingerprint density at radius 1 is 1.15 bits per heavy atom. The number of hydrogen-bond acceptors (Lipinski definition) is 3. The highest BCUT2D eigenvalue weighted by Gasteiger charge is 2.30. The van der Waals surface area contributed by atoms with Crippen molar-refractivity contribution in [3.8, 4) is 10.4 Å². The van der Waals surface area contributed by atoms with Gasteiger partial charge in [0, 0.05) is 30.2 Å². The van der Waals surface area contributed by atoms with Crippen LogP contribution >= 0.6 is 11.3 Å². The molecule has 0 atom stereocenters. The summed E-state index contributed by atoms with van der Waals surface area (Å²) in [5.41, 5.74) is 2.48. The number of nitrogens with one attached hydrogen (secondary N) is 1. The number of H-pyrrole nitrogens is 1. The number of amides is 1. The summed E-state index contributed by atoms with van der Waals surface area (Å²) in [6.07, 6.45) is 4.57. The molecule has 0 unspecified atom stereocenters. The number of halogens is 3. The van der Waals surface area contributed by atoms with Crippen molar-refractivity contribution in [3.05, 3.63) is 76.3 Å². The SMILES string of the molecule is Cc1nc(C(=O)N(CCc2c[nH]c3ccc(F)cc23)CC2CC2)c(-c2ccc(F)c(F)c2)s1. The molecule has 1 aliphatic rings. The highest BCUT2D eigenvalue weighted by Crippen LogP contribution is 2.34. The van der Waals surface area contributed by atoms with Gasteiger partial charge in [0.1, 0.15) is 11.5 Å². The second kappa shape index (κ2) is 8.67. The van der Waals surface area contributed by atoms with Crippen LogP contribution in [0.1, 0.15) is 33.9 Å². The molecule has 8 heteroatoms. The first-order valence-electron chi connectivity index (χ1n) is 10.9. The van der Waals surface area contributed by atoms with Gasteiger partial charge in [-0.2, -0.15) is 0 Å². The van der Waals surface area contributed by atoms with Crippen molar-refractivity contribution in [3.63, 3.8) is 0 Å². The van der Waals surface area contributed by atoms with Crippen LogP contribution in [0.4, 0.5) is 13.2 Å². The van der Waals surface area contributed by atoms with Gasteiger partial charge in [-0.25, -0.2) is 18.2 Å². The summed E-state index contributed by atoms with van der Waals surface area (Å²) in [6, 6.07) is 8.24. The van der Waals surface area contributed by atoms with Crippen LogP contribution in [0.25, 0.3) is 21.3 Å². The maximum Gasteiger partial charge on any atom is 0.274 e. The molecule has 1 amide bonds. The number of hydrogen-bond donors (Lipinski definition) is 1. The second-order valence-corrected chi connectivity index (χ2v) is 9.69. The van der Waals surface area contributed by atoms with Gasteiger partial charge in [0.2, 0.25) is 0 Å². The molecule has 4 aromatic rings. The number of aryl methyl sites for hydroxylation is 1. The van der Waals surface area contributed by atoms with Gasteiger partial charge >= 0.3 is 0 Å². The quantitative estimate of drug-likeness (QED) is 0.355. The Labute approximate surface area is 193 Å². The fraction of sp³-hybridized carbons (Fsp3) is 0.280. The monoisotopic (exact) mass is 469 g/mol. The Morgan fingerprint density at radius 2 is 1.97 bits per heavy atom. The van der Waals surface area contributed by atoms with Crippen LogP contribution in [0.3, 0.4) is 0 Å². The number of fused-ring (bicyclic) bond motifs is 1. The van der Waals surface area contributed by atoms with Gasteiger partial charge < -0.3 is 9.88 Å². The number of thiazole rings is 1. The highest BCUT2D eigenvalue weighted by atomic mass is 32.1. The van der Waals surface area contributed by atoms with Gasteiger partial charge in [-0.1, -0.05) is 6.07 Å². The second-order valence-electron chi connectivity index (χ2n) is 8.49. The number of rotatable bonds is 7. The summed E-state index contributed by atoms with van der Waals surface area (Å²) in [4.78, 5) is 23.5. The Bertz CT molecular complexity index is 1340. The van der Waals surface area contributed by atoms with E-state index in [4.69, 9.17) is 0 Å². The smallest absolute Gasteiger partial charge is 0.274 e. The fourth-order valence-corrected chi connectivity index (χ4v) is 4.96. The third kappa shape index (κ3) is 4.53. The van der Waals surface area contributed by atoms with Crippen LogP contribution in [-0.2, 0) is 6.42 Å². The topological polar surface area (TPSA) is 49.0 Å². The van der Waals surface area contributed by atoms with Gasteiger partial charge in [-0.05, 0) is 73.6 Å². The zero-order valence-electron chi connectivity index (χ0n) is 18.0. The number of benzene rings is 2. The summed E-state index contributed by atoms with van der Waals surface area (Å²) in [5, 5.41) is 1.48. The average Bonchev–Trinajstić information content (AvgIpc) is 3.40. The van der Waals surface area contributed by atoms with Gasteiger partial charge in [0.25, 0.3) is 5.91 Å². The van der Waals surface area contributed by atoms with Crippen molar-refractivity contribution in [2.45, 2.75) is 26.2 Å². The molecule has 2 aromatic carbocycles. The lowest BCUT2D eigenvalue weighted by molar-refractivity contribution is 0.0745. The summed E-state index contributed by atoms with van der Waals surface area (Å²) < 4.78 is 41.0. The molecule has 1 saturated carbocycles. The van der Waals surface area contributed by atoms with Crippen molar-refractivity contribution in [2.24, 2.45) is 5.92 Å².